The molecule has 0 radical (unpaired) electrons. The highest BCUT2D eigenvalue weighted by molar-refractivity contribution is 5.99. The van der Waals surface area contributed by atoms with Crippen molar-refractivity contribution in [3.8, 4) is 11.5 Å². The first-order valence-electron chi connectivity index (χ1n) is 5.63. The Labute approximate surface area is 106 Å². The average Bonchev–Trinajstić information content (AvgIpc) is 2.31. The Kier molecular flexibility index (Phi) is 4.31. The van der Waals surface area contributed by atoms with Gasteiger partial charge in [-0.2, -0.15) is 0 Å². The quantitative estimate of drug-likeness (QED) is 0.626. The number of amides is 1. The second-order valence-corrected chi connectivity index (χ2v) is 4.48. The lowest BCUT2D eigenvalue weighted by Crippen LogP contribution is -2.34. The average molecular weight is 251 g/mol. The fourth-order valence-electron chi connectivity index (χ4n) is 1.52. The molecule has 0 unspecified atom stereocenters. The van der Waals surface area contributed by atoms with E-state index in [1.54, 1.807) is 20.9 Å². The van der Waals surface area contributed by atoms with Gasteiger partial charge >= 0.3 is 0 Å². The van der Waals surface area contributed by atoms with Crippen molar-refractivity contribution < 1.29 is 19.8 Å². The Balaban J connectivity index is 2.76. The van der Waals surface area contributed by atoms with Gasteiger partial charge in [0.15, 0.2) is 17.3 Å². The van der Waals surface area contributed by atoms with Gasteiger partial charge < -0.3 is 15.1 Å². The maximum absolute atomic E-state index is 11.9. The van der Waals surface area contributed by atoms with Gasteiger partial charge in [0, 0.05) is 18.5 Å². The maximum atomic E-state index is 11.9. The molecule has 1 amide bonds. The predicted molar refractivity (Wildman–Crippen MR) is 66.6 cm³/mol. The fourth-order valence-corrected chi connectivity index (χ4v) is 1.52. The van der Waals surface area contributed by atoms with Crippen molar-refractivity contribution >= 4 is 11.7 Å². The van der Waals surface area contributed by atoms with Crippen molar-refractivity contribution in [2.75, 3.05) is 13.6 Å². The summed E-state index contributed by atoms with van der Waals surface area (Å²) in [4.78, 5) is 24.8. The standard InChI is InChI=1S/C13H17NO4/c1-8(2)13(18)14(3)7-12(17)9-4-5-10(15)11(16)6-9/h4-6,8,15-16H,7H2,1-3H3. The van der Waals surface area contributed by atoms with Crippen LogP contribution in [-0.2, 0) is 4.79 Å². The highest BCUT2D eigenvalue weighted by Gasteiger charge is 2.17. The van der Waals surface area contributed by atoms with Gasteiger partial charge in [-0.15, -0.1) is 0 Å². The molecule has 5 nitrogen and oxygen atoms in total. The number of phenols is 2. The maximum Gasteiger partial charge on any atom is 0.225 e. The molecule has 1 aromatic rings. The van der Waals surface area contributed by atoms with E-state index in [4.69, 9.17) is 5.11 Å². The van der Waals surface area contributed by atoms with Crippen LogP contribution >= 0.6 is 0 Å². The SMILES string of the molecule is CC(C)C(=O)N(C)CC(=O)c1ccc(O)c(O)c1. The number of benzene rings is 1. The molecule has 1 rings (SSSR count). The lowest BCUT2D eigenvalue weighted by atomic mass is 10.1. The molecule has 0 saturated heterocycles. The van der Waals surface area contributed by atoms with Crippen LogP contribution in [0.5, 0.6) is 11.5 Å². The van der Waals surface area contributed by atoms with Gasteiger partial charge in [0.05, 0.1) is 6.54 Å². The molecule has 18 heavy (non-hydrogen) atoms. The van der Waals surface area contributed by atoms with Gasteiger partial charge in [0.25, 0.3) is 0 Å². The molecule has 0 bridgehead atoms. The molecule has 0 aliphatic carbocycles. The van der Waals surface area contributed by atoms with E-state index in [2.05, 4.69) is 0 Å². The Morgan fingerprint density at radius 2 is 1.83 bits per heavy atom. The molecule has 0 atom stereocenters. The third-order valence-electron chi connectivity index (χ3n) is 2.55. The van der Waals surface area contributed by atoms with Crippen LogP contribution in [0.1, 0.15) is 24.2 Å². The van der Waals surface area contributed by atoms with Gasteiger partial charge in [-0.1, -0.05) is 13.8 Å². The van der Waals surface area contributed by atoms with Crippen LogP contribution in [0.2, 0.25) is 0 Å². The fraction of sp³-hybridized carbons (Fsp3) is 0.385. The van der Waals surface area contributed by atoms with Crippen LogP contribution in [0.4, 0.5) is 0 Å². The summed E-state index contributed by atoms with van der Waals surface area (Å²) >= 11 is 0. The summed E-state index contributed by atoms with van der Waals surface area (Å²) < 4.78 is 0. The summed E-state index contributed by atoms with van der Waals surface area (Å²) in [5.74, 6) is -1.21. The topological polar surface area (TPSA) is 77.8 Å². The number of nitrogens with zero attached hydrogens (tertiary/aromatic N) is 1. The van der Waals surface area contributed by atoms with Crippen LogP contribution in [0, 0.1) is 5.92 Å². The number of rotatable bonds is 4. The van der Waals surface area contributed by atoms with Gasteiger partial charge in [-0.05, 0) is 18.2 Å². The minimum atomic E-state index is -0.348. The molecular weight excluding hydrogens is 234 g/mol. The van der Waals surface area contributed by atoms with Crippen molar-refractivity contribution in [2.45, 2.75) is 13.8 Å². The van der Waals surface area contributed by atoms with E-state index in [1.807, 2.05) is 0 Å². The van der Waals surface area contributed by atoms with Gasteiger partial charge in [-0.25, -0.2) is 0 Å². The van der Waals surface area contributed by atoms with Crippen molar-refractivity contribution in [2.24, 2.45) is 5.92 Å². The van der Waals surface area contributed by atoms with Gasteiger partial charge in [-0.3, -0.25) is 9.59 Å². The summed E-state index contributed by atoms with van der Waals surface area (Å²) in [5, 5.41) is 18.4. The van der Waals surface area contributed by atoms with Crippen molar-refractivity contribution in [1.82, 2.24) is 4.90 Å². The Bertz CT molecular complexity index is 468. The largest absolute Gasteiger partial charge is 0.504 e. The molecule has 2 N–H and O–H groups in total. The molecule has 98 valence electrons. The molecule has 0 aliphatic heterocycles. The zero-order valence-corrected chi connectivity index (χ0v) is 10.7. The molecular formula is C13H17NO4. The highest BCUT2D eigenvalue weighted by atomic mass is 16.3. The molecule has 0 saturated carbocycles. The lowest BCUT2D eigenvalue weighted by molar-refractivity contribution is -0.132. The molecule has 0 aliphatic rings. The number of hydrogen-bond acceptors (Lipinski definition) is 4. The number of hydrogen-bond donors (Lipinski definition) is 2. The van der Waals surface area contributed by atoms with Crippen molar-refractivity contribution in [1.29, 1.82) is 0 Å². The van der Waals surface area contributed by atoms with Crippen LogP contribution in [-0.4, -0.2) is 40.4 Å². The Morgan fingerprint density at radius 3 is 2.33 bits per heavy atom. The Morgan fingerprint density at radius 1 is 1.22 bits per heavy atom. The number of likely N-dealkylation sites (N-methyl/N-ethyl adjacent to an activating group) is 1. The molecule has 1 aromatic carbocycles. The third-order valence-corrected chi connectivity index (χ3v) is 2.55. The molecule has 0 fully saturated rings. The second-order valence-electron chi connectivity index (χ2n) is 4.48. The summed E-state index contributed by atoms with van der Waals surface area (Å²) in [6.45, 7) is 3.46. The van der Waals surface area contributed by atoms with Crippen LogP contribution in [0.3, 0.4) is 0 Å². The van der Waals surface area contributed by atoms with E-state index < -0.39 is 0 Å². The van der Waals surface area contributed by atoms with E-state index in [9.17, 15) is 14.7 Å². The van der Waals surface area contributed by atoms with E-state index in [-0.39, 0.29) is 41.2 Å². The van der Waals surface area contributed by atoms with E-state index >= 15 is 0 Å². The first-order valence-corrected chi connectivity index (χ1v) is 5.63. The smallest absolute Gasteiger partial charge is 0.225 e. The summed E-state index contributed by atoms with van der Waals surface area (Å²) in [7, 11) is 1.56. The zero-order valence-electron chi connectivity index (χ0n) is 10.7. The zero-order chi connectivity index (χ0) is 13.9. The highest BCUT2D eigenvalue weighted by Crippen LogP contribution is 2.25. The summed E-state index contributed by atoms with van der Waals surface area (Å²) in [6, 6.07) is 3.84. The molecule has 5 heteroatoms. The third kappa shape index (κ3) is 3.23. The normalized spacial score (nSPS) is 10.4. The number of ketones is 1. The van der Waals surface area contributed by atoms with E-state index in [0.717, 1.165) is 0 Å². The van der Waals surface area contributed by atoms with Crippen LogP contribution in [0.25, 0.3) is 0 Å². The van der Waals surface area contributed by atoms with Gasteiger partial charge in [0.1, 0.15) is 0 Å². The molecule has 0 aromatic heterocycles. The second kappa shape index (κ2) is 5.53. The van der Waals surface area contributed by atoms with Gasteiger partial charge in [0.2, 0.25) is 5.91 Å². The summed E-state index contributed by atoms with van der Waals surface area (Å²) in [5.41, 5.74) is 0.258. The number of carbonyl (C=O) groups excluding carboxylic acids is 2. The predicted octanol–water partition coefficient (Wildman–Crippen LogP) is 1.39. The molecule has 0 spiro atoms. The molecule has 0 heterocycles. The Hall–Kier alpha value is -2.04. The minimum Gasteiger partial charge on any atom is -0.504 e. The number of carbonyl (C=O) groups is 2. The minimum absolute atomic E-state index is 0.0543. The monoisotopic (exact) mass is 251 g/mol. The number of phenolic OH excluding ortho intramolecular Hbond substituents is 2. The van der Waals surface area contributed by atoms with E-state index in [0.29, 0.717) is 0 Å². The van der Waals surface area contributed by atoms with E-state index in [1.165, 1.54) is 23.1 Å². The first-order chi connectivity index (χ1) is 8.32. The number of aromatic hydroxyl groups is 2. The van der Waals surface area contributed by atoms with Crippen molar-refractivity contribution in [3.05, 3.63) is 23.8 Å². The first kappa shape index (κ1) is 14.0. The van der Waals surface area contributed by atoms with Crippen molar-refractivity contribution in [3.63, 3.8) is 0 Å². The number of Topliss-reactive ketones (excluding diaryl/α,β-unsaturated/α-hetero) is 1. The van der Waals surface area contributed by atoms with Crippen LogP contribution < -0.4 is 0 Å². The van der Waals surface area contributed by atoms with Crippen LogP contribution in [0.15, 0.2) is 18.2 Å². The lowest BCUT2D eigenvalue weighted by Gasteiger charge is -2.18. The summed E-state index contributed by atoms with van der Waals surface area (Å²) in [6.07, 6.45) is 0.